The molecule has 0 spiro atoms. The van der Waals surface area contributed by atoms with Gasteiger partial charge in [0.25, 0.3) is 0 Å². The van der Waals surface area contributed by atoms with Gasteiger partial charge in [-0.2, -0.15) is 0 Å². The zero-order valence-corrected chi connectivity index (χ0v) is 10.8. The molecule has 0 aromatic carbocycles. The van der Waals surface area contributed by atoms with Crippen LogP contribution in [0.25, 0.3) is 0 Å². The molecule has 6 heteroatoms. The average Bonchev–Trinajstić information content (AvgIpc) is 2.15. The zero-order valence-electron chi connectivity index (χ0n) is 8.39. The van der Waals surface area contributed by atoms with E-state index in [0.29, 0.717) is 4.38 Å². The van der Waals surface area contributed by atoms with Gasteiger partial charge in [0.1, 0.15) is 0 Å². The minimum Gasteiger partial charge on any atom is -0.475 e. The first-order chi connectivity index (χ1) is 6.68. The van der Waals surface area contributed by atoms with E-state index in [1.165, 1.54) is 10.8 Å². The van der Waals surface area contributed by atoms with Crippen LogP contribution in [0.4, 0.5) is 0 Å². The van der Waals surface area contributed by atoms with Crippen molar-refractivity contribution in [2.24, 2.45) is 0 Å². The molecule has 82 valence electrons. The molecule has 1 aliphatic heterocycles. The van der Waals surface area contributed by atoms with Gasteiger partial charge < -0.3 is 9.47 Å². The maximum Gasteiger partial charge on any atom is 0.232 e. The monoisotopic (exact) mass is 253 g/mol. The van der Waals surface area contributed by atoms with Crippen molar-refractivity contribution >= 4 is 38.4 Å². The van der Waals surface area contributed by atoms with Crippen molar-refractivity contribution in [3.63, 3.8) is 0 Å². The van der Waals surface area contributed by atoms with Crippen molar-refractivity contribution in [2.45, 2.75) is 20.0 Å². The fourth-order valence-electron chi connectivity index (χ4n) is 0.916. The summed E-state index contributed by atoms with van der Waals surface area (Å²) in [6, 6.07) is 0. The summed E-state index contributed by atoms with van der Waals surface area (Å²) in [5, 5.41) is 0. The second-order valence-electron chi connectivity index (χ2n) is 3.12. The predicted octanol–water partition coefficient (Wildman–Crippen LogP) is 2.32. The van der Waals surface area contributed by atoms with Crippen LogP contribution in [0.2, 0.25) is 0 Å². The SMILES string of the molecule is CC(C)OC(=S)SSN1CCOCC1. The topological polar surface area (TPSA) is 21.7 Å². The van der Waals surface area contributed by atoms with Crippen molar-refractivity contribution < 1.29 is 9.47 Å². The largest absolute Gasteiger partial charge is 0.475 e. The van der Waals surface area contributed by atoms with Crippen LogP contribution < -0.4 is 0 Å². The van der Waals surface area contributed by atoms with Crippen molar-refractivity contribution in [2.75, 3.05) is 26.3 Å². The third-order valence-corrected chi connectivity index (χ3v) is 4.37. The van der Waals surface area contributed by atoms with E-state index < -0.39 is 0 Å². The minimum atomic E-state index is 0.167. The maximum atomic E-state index is 5.36. The van der Waals surface area contributed by atoms with Gasteiger partial charge in [0.2, 0.25) is 4.38 Å². The Morgan fingerprint density at radius 1 is 1.43 bits per heavy atom. The molecule has 14 heavy (non-hydrogen) atoms. The molecule has 0 amide bonds. The number of thiocarbonyl (C=S) groups is 1. The number of ether oxygens (including phenoxy) is 2. The molecule has 1 rings (SSSR count). The van der Waals surface area contributed by atoms with Crippen LogP contribution in [-0.4, -0.2) is 41.1 Å². The predicted molar refractivity (Wildman–Crippen MR) is 66.4 cm³/mol. The average molecular weight is 253 g/mol. The summed E-state index contributed by atoms with van der Waals surface area (Å²) in [7, 11) is 3.16. The highest BCUT2D eigenvalue weighted by atomic mass is 33.1. The van der Waals surface area contributed by atoms with E-state index in [4.69, 9.17) is 21.7 Å². The fourth-order valence-corrected chi connectivity index (χ4v) is 3.14. The normalized spacial score (nSPS) is 18.5. The molecule has 0 N–H and O–H groups in total. The van der Waals surface area contributed by atoms with Gasteiger partial charge in [-0.05, 0) is 26.1 Å². The number of morpholine rings is 1. The van der Waals surface area contributed by atoms with Gasteiger partial charge in [-0.1, -0.05) is 0 Å². The highest BCUT2D eigenvalue weighted by molar-refractivity contribution is 8.82. The summed E-state index contributed by atoms with van der Waals surface area (Å²) in [4.78, 5) is 0. The van der Waals surface area contributed by atoms with Crippen molar-refractivity contribution in [1.82, 2.24) is 4.31 Å². The first-order valence-corrected chi connectivity index (χ1v) is 7.08. The van der Waals surface area contributed by atoms with E-state index in [9.17, 15) is 0 Å². The molecule has 0 aromatic heterocycles. The molecule has 0 radical (unpaired) electrons. The molecule has 0 aliphatic carbocycles. The maximum absolute atomic E-state index is 5.36. The van der Waals surface area contributed by atoms with Gasteiger partial charge in [-0.15, -0.1) is 0 Å². The highest BCUT2D eigenvalue weighted by Crippen LogP contribution is 2.28. The van der Waals surface area contributed by atoms with Crippen LogP contribution >= 0.6 is 34.0 Å². The lowest BCUT2D eigenvalue weighted by atomic mass is 10.5. The van der Waals surface area contributed by atoms with Crippen LogP contribution in [0.1, 0.15) is 13.8 Å². The number of rotatable bonds is 3. The lowest BCUT2D eigenvalue weighted by molar-refractivity contribution is 0.0779. The summed E-state index contributed by atoms with van der Waals surface area (Å²) < 4.78 is 13.4. The van der Waals surface area contributed by atoms with E-state index >= 15 is 0 Å². The van der Waals surface area contributed by atoms with Crippen LogP contribution in [-0.2, 0) is 9.47 Å². The Labute approximate surface area is 98.4 Å². The second kappa shape index (κ2) is 6.90. The lowest BCUT2D eigenvalue weighted by Crippen LogP contribution is -2.30. The molecule has 0 bridgehead atoms. The lowest BCUT2D eigenvalue weighted by Gasteiger charge is -2.24. The molecule has 1 fully saturated rings. The van der Waals surface area contributed by atoms with E-state index in [1.807, 2.05) is 13.8 Å². The van der Waals surface area contributed by atoms with E-state index in [-0.39, 0.29) is 6.10 Å². The fraction of sp³-hybridized carbons (Fsp3) is 0.875. The van der Waals surface area contributed by atoms with Crippen LogP contribution in [0, 0.1) is 0 Å². The second-order valence-corrected chi connectivity index (χ2v) is 5.90. The molecule has 1 saturated heterocycles. The Kier molecular flexibility index (Phi) is 6.20. The smallest absolute Gasteiger partial charge is 0.232 e. The third kappa shape index (κ3) is 5.41. The van der Waals surface area contributed by atoms with Gasteiger partial charge >= 0.3 is 0 Å². The Balaban J connectivity index is 2.09. The summed E-state index contributed by atoms with van der Waals surface area (Å²) in [5.41, 5.74) is 0. The van der Waals surface area contributed by atoms with Crippen molar-refractivity contribution in [1.29, 1.82) is 0 Å². The molecule has 3 nitrogen and oxygen atoms in total. The number of nitrogens with zero attached hydrogens (tertiary/aromatic N) is 1. The van der Waals surface area contributed by atoms with E-state index in [2.05, 4.69) is 4.31 Å². The van der Waals surface area contributed by atoms with Crippen LogP contribution in [0.5, 0.6) is 0 Å². The molecule has 1 aliphatic rings. The van der Waals surface area contributed by atoms with Gasteiger partial charge in [0, 0.05) is 34.9 Å². The Bertz CT molecular complexity index is 183. The van der Waals surface area contributed by atoms with Crippen molar-refractivity contribution in [3.8, 4) is 0 Å². The first kappa shape index (κ1) is 12.6. The molecule has 0 aromatic rings. The van der Waals surface area contributed by atoms with E-state index in [1.54, 1.807) is 11.0 Å². The Morgan fingerprint density at radius 3 is 2.64 bits per heavy atom. The molecule has 0 atom stereocenters. The minimum absolute atomic E-state index is 0.167. The first-order valence-electron chi connectivity index (χ1n) is 4.56. The Morgan fingerprint density at radius 2 is 2.07 bits per heavy atom. The Hall–Kier alpha value is 0.510. The van der Waals surface area contributed by atoms with Gasteiger partial charge in [-0.25, -0.2) is 4.31 Å². The van der Waals surface area contributed by atoms with Crippen LogP contribution in [0.3, 0.4) is 0 Å². The highest BCUT2D eigenvalue weighted by Gasteiger charge is 2.13. The van der Waals surface area contributed by atoms with Crippen LogP contribution in [0.15, 0.2) is 0 Å². The molecule has 0 saturated carbocycles. The standard InChI is InChI=1S/C8H15NO2S3/c1-7(2)11-8(12)13-14-9-3-5-10-6-4-9/h7H,3-6H2,1-2H3. The number of hydrogen-bond acceptors (Lipinski definition) is 6. The third-order valence-electron chi connectivity index (χ3n) is 1.51. The molecule has 0 unspecified atom stereocenters. The molecule has 1 heterocycles. The van der Waals surface area contributed by atoms with E-state index in [0.717, 1.165) is 26.3 Å². The zero-order chi connectivity index (χ0) is 10.4. The van der Waals surface area contributed by atoms with Gasteiger partial charge in [0.15, 0.2) is 0 Å². The summed E-state index contributed by atoms with van der Waals surface area (Å²) >= 11 is 5.06. The van der Waals surface area contributed by atoms with Gasteiger partial charge in [-0.3, -0.25) is 0 Å². The quantitative estimate of drug-likeness (QED) is 0.434. The van der Waals surface area contributed by atoms with Gasteiger partial charge in [0.05, 0.1) is 19.3 Å². The summed E-state index contributed by atoms with van der Waals surface area (Å²) in [6.07, 6.45) is 0.167. The number of hydrogen-bond donors (Lipinski definition) is 0. The molecular formula is C8H15NO2S3. The van der Waals surface area contributed by atoms with Crippen molar-refractivity contribution in [3.05, 3.63) is 0 Å². The summed E-state index contributed by atoms with van der Waals surface area (Å²) in [6.45, 7) is 7.50. The molecular weight excluding hydrogens is 238 g/mol. The summed E-state index contributed by atoms with van der Waals surface area (Å²) in [5.74, 6) is 0.